The Labute approximate surface area is 112 Å². The van der Waals surface area contributed by atoms with E-state index in [-0.39, 0.29) is 11.4 Å². The van der Waals surface area contributed by atoms with E-state index in [0.29, 0.717) is 11.6 Å². The highest BCUT2D eigenvalue weighted by atomic mass is 35.5. The van der Waals surface area contributed by atoms with Crippen molar-refractivity contribution in [3.8, 4) is 0 Å². The summed E-state index contributed by atoms with van der Waals surface area (Å²) in [7, 11) is 0. The Bertz CT molecular complexity index is 473. The number of nitrogen functional groups attached to an aromatic ring is 1. The van der Waals surface area contributed by atoms with E-state index in [4.69, 9.17) is 27.5 Å². The maximum absolute atomic E-state index is 7.64. The van der Waals surface area contributed by atoms with Crippen LogP contribution in [0, 0.1) is 5.41 Å². The summed E-state index contributed by atoms with van der Waals surface area (Å²) in [5.74, 6) is 0.0611. The molecule has 2 rings (SSSR count). The molecule has 0 atom stereocenters. The van der Waals surface area contributed by atoms with Gasteiger partial charge < -0.3 is 15.4 Å². The summed E-state index contributed by atoms with van der Waals surface area (Å²) in [5, 5.41) is 8.29. The Kier molecular flexibility index (Phi) is 3.50. The highest BCUT2D eigenvalue weighted by Gasteiger charge is 2.28. The van der Waals surface area contributed by atoms with Crippen molar-refractivity contribution in [2.75, 3.05) is 24.6 Å². The van der Waals surface area contributed by atoms with Crippen molar-refractivity contribution in [3.63, 3.8) is 0 Å². The number of nitrogens with two attached hydrogens (primary N) is 1. The fraction of sp³-hybridized carbons (Fsp3) is 0.462. The third kappa shape index (κ3) is 2.76. The van der Waals surface area contributed by atoms with Gasteiger partial charge in [0.15, 0.2) is 0 Å². The van der Waals surface area contributed by atoms with Crippen LogP contribution in [-0.4, -0.2) is 31.1 Å². The Morgan fingerprint density at radius 3 is 2.83 bits per heavy atom. The molecule has 0 unspecified atom stereocenters. The highest BCUT2D eigenvalue weighted by Crippen LogP contribution is 2.28. The van der Waals surface area contributed by atoms with E-state index in [2.05, 4.69) is 18.7 Å². The minimum Gasteiger partial charge on any atom is -0.384 e. The number of hydrogen-bond donors (Lipinski definition) is 2. The van der Waals surface area contributed by atoms with Crippen LogP contribution in [0.3, 0.4) is 0 Å². The number of nitrogens with zero attached hydrogens (tertiary/aromatic N) is 1. The van der Waals surface area contributed by atoms with Crippen LogP contribution in [-0.2, 0) is 4.74 Å². The molecule has 0 radical (unpaired) electrons. The second-order valence-corrected chi connectivity index (χ2v) is 5.54. The molecule has 0 bridgehead atoms. The molecule has 0 aliphatic carbocycles. The Morgan fingerprint density at radius 2 is 2.22 bits per heavy atom. The summed E-state index contributed by atoms with van der Waals surface area (Å²) in [6.07, 6.45) is 0. The molecule has 0 aromatic heterocycles. The molecule has 0 saturated carbocycles. The van der Waals surface area contributed by atoms with Crippen LogP contribution in [0.5, 0.6) is 0 Å². The third-order valence-electron chi connectivity index (χ3n) is 3.02. The van der Waals surface area contributed by atoms with Crippen molar-refractivity contribution in [1.82, 2.24) is 0 Å². The first kappa shape index (κ1) is 13.2. The number of benzene rings is 1. The minimum absolute atomic E-state index is 0.0611. The number of amidine groups is 1. The second-order valence-electron chi connectivity index (χ2n) is 5.10. The second kappa shape index (κ2) is 4.78. The number of nitrogens with one attached hydrogen (secondary N) is 1. The molecule has 18 heavy (non-hydrogen) atoms. The van der Waals surface area contributed by atoms with E-state index in [0.717, 1.165) is 24.3 Å². The zero-order valence-electron chi connectivity index (χ0n) is 10.7. The van der Waals surface area contributed by atoms with Gasteiger partial charge in [0.05, 0.1) is 12.2 Å². The predicted molar refractivity (Wildman–Crippen MR) is 74.7 cm³/mol. The summed E-state index contributed by atoms with van der Waals surface area (Å²) in [5.41, 5.74) is 7.05. The van der Waals surface area contributed by atoms with Gasteiger partial charge in [0.2, 0.25) is 0 Å². The van der Waals surface area contributed by atoms with Crippen molar-refractivity contribution >= 4 is 23.1 Å². The van der Waals surface area contributed by atoms with E-state index in [1.165, 1.54) is 0 Å². The lowest BCUT2D eigenvalue weighted by molar-refractivity contribution is -0.0277. The molecule has 4 nitrogen and oxygen atoms in total. The van der Waals surface area contributed by atoms with Gasteiger partial charge in [-0.05, 0) is 32.0 Å². The van der Waals surface area contributed by atoms with Gasteiger partial charge in [0.1, 0.15) is 5.84 Å². The average Bonchev–Trinajstić information content (AvgIpc) is 2.27. The van der Waals surface area contributed by atoms with E-state index < -0.39 is 0 Å². The number of rotatable bonds is 2. The van der Waals surface area contributed by atoms with E-state index >= 15 is 0 Å². The summed E-state index contributed by atoms with van der Waals surface area (Å²) < 4.78 is 5.69. The van der Waals surface area contributed by atoms with E-state index in [1.54, 1.807) is 12.1 Å². The number of halogens is 1. The third-order valence-corrected chi connectivity index (χ3v) is 3.25. The number of hydrogen-bond acceptors (Lipinski definition) is 3. The van der Waals surface area contributed by atoms with Crippen LogP contribution >= 0.6 is 11.6 Å². The molecule has 1 aliphatic heterocycles. The van der Waals surface area contributed by atoms with Gasteiger partial charge in [-0.3, -0.25) is 5.41 Å². The zero-order chi connectivity index (χ0) is 13.3. The summed E-state index contributed by atoms with van der Waals surface area (Å²) in [6, 6.07) is 5.41. The molecular formula is C13H18ClN3O. The topological polar surface area (TPSA) is 62.3 Å². The average molecular weight is 268 g/mol. The van der Waals surface area contributed by atoms with Gasteiger partial charge in [-0.25, -0.2) is 0 Å². The molecule has 0 spiro atoms. The normalized spacial score (nSPS) is 18.7. The molecule has 1 fully saturated rings. The molecule has 0 amide bonds. The molecule has 3 N–H and O–H groups in total. The van der Waals surface area contributed by atoms with Crippen molar-refractivity contribution < 1.29 is 4.74 Å². The fourth-order valence-electron chi connectivity index (χ4n) is 2.22. The number of ether oxygens (including phenoxy) is 1. The maximum Gasteiger partial charge on any atom is 0.124 e. The van der Waals surface area contributed by atoms with Crippen molar-refractivity contribution in [2.24, 2.45) is 5.73 Å². The smallest absolute Gasteiger partial charge is 0.124 e. The maximum atomic E-state index is 7.64. The SMILES string of the molecule is CC1(C)CN(c2cc(Cl)ccc2C(=N)N)CCO1. The first-order valence-electron chi connectivity index (χ1n) is 5.92. The van der Waals surface area contributed by atoms with Gasteiger partial charge in [-0.15, -0.1) is 0 Å². The number of anilines is 1. The Balaban J connectivity index is 2.37. The van der Waals surface area contributed by atoms with Gasteiger partial charge in [-0.2, -0.15) is 0 Å². The summed E-state index contributed by atoms with van der Waals surface area (Å²) in [6.45, 7) is 6.31. The lowest BCUT2D eigenvalue weighted by atomic mass is 10.0. The zero-order valence-corrected chi connectivity index (χ0v) is 11.4. The molecule has 98 valence electrons. The van der Waals surface area contributed by atoms with Gasteiger partial charge >= 0.3 is 0 Å². The Morgan fingerprint density at radius 1 is 1.50 bits per heavy atom. The molecule has 1 aromatic carbocycles. The van der Waals surface area contributed by atoms with E-state index in [9.17, 15) is 0 Å². The number of morpholine rings is 1. The predicted octanol–water partition coefficient (Wildman–Crippen LogP) is 2.24. The van der Waals surface area contributed by atoms with Crippen LogP contribution in [0.4, 0.5) is 5.69 Å². The van der Waals surface area contributed by atoms with Crippen LogP contribution in [0.2, 0.25) is 5.02 Å². The van der Waals surface area contributed by atoms with Crippen molar-refractivity contribution in [1.29, 1.82) is 5.41 Å². The lowest BCUT2D eigenvalue weighted by Crippen LogP contribution is -2.48. The van der Waals surface area contributed by atoms with Gasteiger partial charge in [0.25, 0.3) is 0 Å². The molecule has 1 saturated heterocycles. The molecule has 1 aromatic rings. The van der Waals surface area contributed by atoms with Gasteiger partial charge in [0, 0.05) is 29.4 Å². The van der Waals surface area contributed by atoms with Crippen LogP contribution in [0.1, 0.15) is 19.4 Å². The molecular weight excluding hydrogens is 250 g/mol. The minimum atomic E-state index is -0.200. The summed E-state index contributed by atoms with van der Waals surface area (Å²) >= 11 is 6.04. The quantitative estimate of drug-likeness (QED) is 0.638. The standard InChI is InChI=1S/C13H18ClN3O/c1-13(2)8-17(5-6-18-13)11-7-9(14)3-4-10(11)12(15)16/h3-4,7H,5-6,8H2,1-2H3,(H3,15,16). The van der Waals surface area contributed by atoms with Gasteiger partial charge in [-0.1, -0.05) is 11.6 Å². The fourth-order valence-corrected chi connectivity index (χ4v) is 2.38. The Hall–Kier alpha value is -1.26. The monoisotopic (exact) mass is 267 g/mol. The molecule has 5 heteroatoms. The molecule has 1 heterocycles. The largest absolute Gasteiger partial charge is 0.384 e. The van der Waals surface area contributed by atoms with Crippen molar-refractivity contribution in [3.05, 3.63) is 28.8 Å². The highest BCUT2D eigenvalue weighted by molar-refractivity contribution is 6.31. The first-order chi connectivity index (χ1) is 8.39. The lowest BCUT2D eigenvalue weighted by Gasteiger charge is -2.40. The summed E-state index contributed by atoms with van der Waals surface area (Å²) in [4.78, 5) is 2.17. The van der Waals surface area contributed by atoms with E-state index in [1.807, 2.05) is 6.07 Å². The van der Waals surface area contributed by atoms with Crippen molar-refractivity contribution in [2.45, 2.75) is 19.4 Å². The van der Waals surface area contributed by atoms with Crippen LogP contribution in [0.25, 0.3) is 0 Å². The first-order valence-corrected chi connectivity index (χ1v) is 6.30. The molecule has 1 aliphatic rings. The van der Waals surface area contributed by atoms with Crippen LogP contribution in [0.15, 0.2) is 18.2 Å². The van der Waals surface area contributed by atoms with Crippen LogP contribution < -0.4 is 10.6 Å².